The second kappa shape index (κ2) is 4.60. The number of halogens is 1. The molecule has 6 heteroatoms. The average Bonchev–Trinajstić information content (AvgIpc) is 2.79. The minimum absolute atomic E-state index is 0.204. The third kappa shape index (κ3) is 2.07. The van der Waals surface area contributed by atoms with E-state index in [2.05, 4.69) is 15.0 Å². The van der Waals surface area contributed by atoms with Gasteiger partial charge in [0.15, 0.2) is 0 Å². The Kier molecular flexibility index (Phi) is 2.93. The molecule has 1 unspecified atom stereocenters. The van der Waals surface area contributed by atoms with Crippen LogP contribution in [-0.4, -0.2) is 19.5 Å². The second-order valence-corrected chi connectivity index (χ2v) is 4.73. The smallest absolute Gasteiger partial charge is 0.138 e. The summed E-state index contributed by atoms with van der Waals surface area (Å²) in [7, 11) is 0. The molecule has 96 valence electrons. The first-order chi connectivity index (χ1) is 9.16. The first-order valence-corrected chi connectivity index (χ1v) is 6.24. The molecule has 0 bridgehead atoms. The maximum Gasteiger partial charge on any atom is 0.138 e. The molecule has 0 radical (unpaired) electrons. The lowest BCUT2D eigenvalue weighted by molar-refractivity contribution is 0.721. The lowest BCUT2D eigenvalue weighted by Gasteiger charge is -2.10. The van der Waals surface area contributed by atoms with E-state index in [1.807, 2.05) is 23.6 Å². The number of imidazole rings is 1. The van der Waals surface area contributed by atoms with Crippen molar-refractivity contribution in [3.63, 3.8) is 0 Å². The fourth-order valence-electron chi connectivity index (χ4n) is 2.00. The van der Waals surface area contributed by atoms with E-state index in [1.54, 1.807) is 24.7 Å². The quantitative estimate of drug-likeness (QED) is 0.779. The molecular formula is C13H12ClN5. The van der Waals surface area contributed by atoms with Crippen molar-refractivity contribution in [1.82, 2.24) is 19.5 Å². The topological polar surface area (TPSA) is 69.6 Å². The van der Waals surface area contributed by atoms with E-state index in [0.29, 0.717) is 5.02 Å². The summed E-state index contributed by atoms with van der Waals surface area (Å²) in [6.07, 6.45) is 5.05. The normalized spacial score (nSPS) is 12.8. The Morgan fingerprint density at radius 3 is 2.79 bits per heavy atom. The molecule has 0 aliphatic heterocycles. The Morgan fingerprint density at radius 2 is 2.11 bits per heavy atom. The van der Waals surface area contributed by atoms with Crippen molar-refractivity contribution in [3.8, 4) is 5.82 Å². The second-order valence-electron chi connectivity index (χ2n) is 4.29. The molecule has 0 amide bonds. The third-order valence-electron chi connectivity index (χ3n) is 2.83. The number of rotatable bonds is 2. The van der Waals surface area contributed by atoms with Crippen LogP contribution in [0.25, 0.3) is 16.9 Å². The van der Waals surface area contributed by atoms with Gasteiger partial charge in [-0.05, 0) is 25.1 Å². The summed E-state index contributed by atoms with van der Waals surface area (Å²) < 4.78 is 1.93. The first-order valence-electron chi connectivity index (χ1n) is 5.86. The number of aromatic nitrogens is 4. The lowest BCUT2D eigenvalue weighted by Crippen LogP contribution is -2.13. The van der Waals surface area contributed by atoms with Crippen LogP contribution in [0.4, 0.5) is 0 Å². The molecule has 2 N–H and O–H groups in total. The number of nitrogens with zero attached hydrogens (tertiary/aromatic N) is 4. The van der Waals surface area contributed by atoms with Crippen LogP contribution in [0.15, 0.2) is 36.8 Å². The van der Waals surface area contributed by atoms with Crippen LogP contribution in [0.3, 0.4) is 0 Å². The highest BCUT2D eigenvalue weighted by Gasteiger charge is 2.15. The predicted molar refractivity (Wildman–Crippen MR) is 74.3 cm³/mol. The molecule has 0 aliphatic carbocycles. The zero-order valence-electron chi connectivity index (χ0n) is 10.3. The molecular weight excluding hydrogens is 262 g/mol. The van der Waals surface area contributed by atoms with Gasteiger partial charge in [0.05, 0.1) is 22.8 Å². The van der Waals surface area contributed by atoms with E-state index >= 15 is 0 Å². The lowest BCUT2D eigenvalue weighted by atomic mass is 10.3. The van der Waals surface area contributed by atoms with Crippen LogP contribution >= 0.6 is 11.6 Å². The zero-order chi connectivity index (χ0) is 13.4. The monoisotopic (exact) mass is 273 g/mol. The SMILES string of the molecule is CC(N)c1nc2cnccc2n1-c1ccc(Cl)cn1. The predicted octanol–water partition coefficient (Wildman–Crippen LogP) is 2.49. The van der Waals surface area contributed by atoms with Gasteiger partial charge in [0.2, 0.25) is 0 Å². The summed E-state index contributed by atoms with van der Waals surface area (Å²) in [5, 5.41) is 0.595. The molecule has 19 heavy (non-hydrogen) atoms. The summed E-state index contributed by atoms with van der Waals surface area (Å²) in [5.74, 6) is 1.49. The Morgan fingerprint density at radius 1 is 1.26 bits per heavy atom. The van der Waals surface area contributed by atoms with E-state index in [-0.39, 0.29) is 6.04 Å². The van der Waals surface area contributed by atoms with Gasteiger partial charge in [-0.2, -0.15) is 0 Å². The van der Waals surface area contributed by atoms with Crippen molar-refractivity contribution >= 4 is 22.6 Å². The summed E-state index contributed by atoms with van der Waals surface area (Å²) >= 11 is 5.87. The summed E-state index contributed by atoms with van der Waals surface area (Å²) in [5.41, 5.74) is 7.71. The van der Waals surface area contributed by atoms with E-state index in [9.17, 15) is 0 Å². The molecule has 5 nitrogen and oxygen atoms in total. The maximum atomic E-state index is 5.99. The number of nitrogens with two attached hydrogens (primary N) is 1. The number of hydrogen-bond donors (Lipinski definition) is 1. The molecule has 3 rings (SSSR count). The molecule has 0 aromatic carbocycles. The Bertz CT molecular complexity index is 717. The summed E-state index contributed by atoms with van der Waals surface area (Å²) in [6, 6.07) is 5.33. The minimum atomic E-state index is -0.204. The average molecular weight is 274 g/mol. The maximum absolute atomic E-state index is 5.99. The Balaban J connectivity index is 2.31. The zero-order valence-corrected chi connectivity index (χ0v) is 11.0. The number of fused-ring (bicyclic) bond motifs is 1. The van der Waals surface area contributed by atoms with E-state index in [4.69, 9.17) is 17.3 Å². The van der Waals surface area contributed by atoms with Crippen molar-refractivity contribution in [1.29, 1.82) is 0 Å². The van der Waals surface area contributed by atoms with Crippen LogP contribution in [0, 0.1) is 0 Å². The van der Waals surface area contributed by atoms with Gasteiger partial charge < -0.3 is 5.73 Å². The van der Waals surface area contributed by atoms with E-state index in [1.165, 1.54) is 0 Å². The summed E-state index contributed by atoms with van der Waals surface area (Å²) in [6.45, 7) is 1.89. The van der Waals surface area contributed by atoms with Crippen LogP contribution in [-0.2, 0) is 0 Å². The largest absolute Gasteiger partial charge is 0.322 e. The summed E-state index contributed by atoms with van der Waals surface area (Å²) in [4.78, 5) is 12.9. The molecule has 0 aliphatic rings. The molecule has 0 saturated heterocycles. The van der Waals surface area contributed by atoms with Gasteiger partial charge in [-0.1, -0.05) is 11.6 Å². The highest BCUT2D eigenvalue weighted by molar-refractivity contribution is 6.30. The van der Waals surface area contributed by atoms with Crippen LogP contribution in [0.5, 0.6) is 0 Å². The Hall–Kier alpha value is -1.98. The van der Waals surface area contributed by atoms with E-state index in [0.717, 1.165) is 22.7 Å². The van der Waals surface area contributed by atoms with Crippen molar-refractivity contribution < 1.29 is 0 Å². The fraction of sp³-hybridized carbons (Fsp3) is 0.154. The minimum Gasteiger partial charge on any atom is -0.322 e. The van der Waals surface area contributed by atoms with Crippen LogP contribution in [0.1, 0.15) is 18.8 Å². The van der Waals surface area contributed by atoms with Crippen molar-refractivity contribution in [3.05, 3.63) is 47.6 Å². The Labute approximate surface area is 115 Å². The molecule has 0 saturated carbocycles. The number of hydrogen-bond acceptors (Lipinski definition) is 4. The fourth-order valence-corrected chi connectivity index (χ4v) is 2.11. The molecule has 3 aromatic rings. The van der Waals surface area contributed by atoms with Gasteiger partial charge >= 0.3 is 0 Å². The molecule has 0 spiro atoms. The molecule has 3 heterocycles. The molecule has 1 atom stereocenters. The van der Waals surface area contributed by atoms with E-state index < -0.39 is 0 Å². The highest BCUT2D eigenvalue weighted by atomic mass is 35.5. The van der Waals surface area contributed by atoms with Crippen LogP contribution < -0.4 is 5.73 Å². The van der Waals surface area contributed by atoms with Gasteiger partial charge in [0, 0.05) is 12.4 Å². The van der Waals surface area contributed by atoms with Crippen molar-refractivity contribution in [2.75, 3.05) is 0 Å². The van der Waals surface area contributed by atoms with Gasteiger partial charge in [-0.3, -0.25) is 9.55 Å². The highest BCUT2D eigenvalue weighted by Crippen LogP contribution is 2.23. The van der Waals surface area contributed by atoms with Gasteiger partial charge in [-0.15, -0.1) is 0 Å². The van der Waals surface area contributed by atoms with Gasteiger partial charge in [-0.25, -0.2) is 9.97 Å². The molecule has 0 fully saturated rings. The standard InChI is InChI=1S/C13H12ClN5/c1-8(15)13-18-10-7-16-5-4-11(10)19(13)12-3-2-9(14)6-17-12/h2-8H,15H2,1H3. The third-order valence-corrected chi connectivity index (χ3v) is 3.05. The molecule has 3 aromatic heterocycles. The van der Waals surface area contributed by atoms with Crippen LogP contribution in [0.2, 0.25) is 5.02 Å². The van der Waals surface area contributed by atoms with Gasteiger partial charge in [0.1, 0.15) is 17.2 Å². The first kappa shape index (κ1) is 12.1. The van der Waals surface area contributed by atoms with Crippen molar-refractivity contribution in [2.24, 2.45) is 5.73 Å². The van der Waals surface area contributed by atoms with Crippen molar-refractivity contribution in [2.45, 2.75) is 13.0 Å². The number of pyridine rings is 2. The van der Waals surface area contributed by atoms with Gasteiger partial charge in [0.25, 0.3) is 0 Å².